The van der Waals surface area contributed by atoms with Gasteiger partial charge in [-0.25, -0.2) is 0 Å². The van der Waals surface area contributed by atoms with Crippen LogP contribution in [0.25, 0.3) is 0 Å². The molecule has 3 nitrogen and oxygen atoms in total. The van der Waals surface area contributed by atoms with Crippen molar-refractivity contribution in [3.63, 3.8) is 0 Å². The van der Waals surface area contributed by atoms with E-state index in [4.69, 9.17) is 0 Å². The summed E-state index contributed by atoms with van der Waals surface area (Å²) in [4.78, 5) is 13.4. The van der Waals surface area contributed by atoms with Crippen LogP contribution in [0.1, 0.15) is 46.0 Å². The molecule has 0 aromatic carbocycles. The number of alkyl halides is 3. The number of carbonyl (C=O) groups is 1. The molecule has 0 aromatic rings. The number of hydrogen-bond donors (Lipinski definition) is 1. The maximum absolute atomic E-state index is 12.6. The highest BCUT2D eigenvalue weighted by atomic mass is 19.4. The standard InChI is InChI=1S/C13H21F3N2O/c1-9(2)7-10-17-12(5-3-4-6-12)11(19)18(10)8-13(14,15)16/h9-10,17H,3-8H2,1-2H3. The fourth-order valence-corrected chi connectivity index (χ4v) is 3.22. The molecule has 1 saturated carbocycles. The highest BCUT2D eigenvalue weighted by Gasteiger charge is 2.54. The van der Waals surface area contributed by atoms with E-state index in [1.807, 2.05) is 13.8 Å². The molecule has 2 rings (SSSR count). The number of carbonyl (C=O) groups excluding carboxylic acids is 1. The lowest BCUT2D eigenvalue weighted by molar-refractivity contribution is -0.162. The van der Waals surface area contributed by atoms with E-state index in [1.165, 1.54) is 0 Å². The first kappa shape index (κ1) is 14.6. The summed E-state index contributed by atoms with van der Waals surface area (Å²) in [6, 6.07) is 0. The summed E-state index contributed by atoms with van der Waals surface area (Å²) in [6.07, 6.45) is -1.11. The second kappa shape index (κ2) is 4.96. The van der Waals surface area contributed by atoms with Crippen molar-refractivity contribution in [2.75, 3.05) is 6.54 Å². The maximum Gasteiger partial charge on any atom is 0.406 e. The average Bonchev–Trinajstić information content (AvgIpc) is 2.79. The van der Waals surface area contributed by atoms with Gasteiger partial charge in [0.25, 0.3) is 0 Å². The highest BCUT2D eigenvalue weighted by Crippen LogP contribution is 2.38. The maximum atomic E-state index is 12.6. The van der Waals surface area contributed by atoms with E-state index in [9.17, 15) is 18.0 Å². The second-order valence-corrected chi connectivity index (χ2v) is 6.13. The summed E-state index contributed by atoms with van der Waals surface area (Å²) in [5, 5.41) is 3.20. The molecule has 0 aromatic heterocycles. The van der Waals surface area contributed by atoms with Crippen LogP contribution >= 0.6 is 0 Å². The first-order chi connectivity index (χ1) is 8.73. The van der Waals surface area contributed by atoms with Crippen LogP contribution in [0.5, 0.6) is 0 Å². The molecule has 1 atom stereocenters. The van der Waals surface area contributed by atoms with Crippen molar-refractivity contribution in [2.45, 2.75) is 63.8 Å². The van der Waals surface area contributed by atoms with E-state index >= 15 is 0 Å². The first-order valence-corrected chi connectivity index (χ1v) is 6.89. The van der Waals surface area contributed by atoms with E-state index in [2.05, 4.69) is 5.32 Å². The molecule has 110 valence electrons. The Labute approximate surface area is 111 Å². The van der Waals surface area contributed by atoms with Crippen LogP contribution in [0, 0.1) is 5.92 Å². The third-order valence-corrected chi connectivity index (χ3v) is 3.99. The highest BCUT2D eigenvalue weighted by molar-refractivity contribution is 5.89. The topological polar surface area (TPSA) is 32.3 Å². The lowest BCUT2D eigenvalue weighted by atomic mass is 9.98. The largest absolute Gasteiger partial charge is 0.406 e. The van der Waals surface area contributed by atoms with Crippen LogP contribution in [0.3, 0.4) is 0 Å². The fourth-order valence-electron chi connectivity index (χ4n) is 3.22. The van der Waals surface area contributed by atoms with E-state index < -0.39 is 24.4 Å². The van der Waals surface area contributed by atoms with Crippen LogP contribution in [0.2, 0.25) is 0 Å². The Morgan fingerprint density at radius 1 is 1.37 bits per heavy atom. The minimum absolute atomic E-state index is 0.248. The average molecular weight is 278 g/mol. The normalized spacial score (nSPS) is 26.9. The van der Waals surface area contributed by atoms with E-state index in [-0.39, 0.29) is 11.8 Å². The zero-order valence-corrected chi connectivity index (χ0v) is 11.4. The van der Waals surface area contributed by atoms with Gasteiger partial charge in [0.1, 0.15) is 6.54 Å². The molecule has 2 aliphatic rings. The fraction of sp³-hybridized carbons (Fsp3) is 0.923. The van der Waals surface area contributed by atoms with Gasteiger partial charge in [-0.15, -0.1) is 0 Å². The molecule has 19 heavy (non-hydrogen) atoms. The minimum Gasteiger partial charge on any atom is -0.316 e. The molecule has 2 fully saturated rings. The molecule has 1 N–H and O–H groups in total. The van der Waals surface area contributed by atoms with Gasteiger partial charge in [-0.05, 0) is 25.2 Å². The summed E-state index contributed by atoms with van der Waals surface area (Å²) in [7, 11) is 0. The van der Waals surface area contributed by atoms with Crippen molar-refractivity contribution < 1.29 is 18.0 Å². The Bertz CT molecular complexity index is 348. The molecular weight excluding hydrogens is 257 g/mol. The predicted octanol–water partition coefficient (Wildman–Crippen LogP) is 2.67. The van der Waals surface area contributed by atoms with Crippen molar-refractivity contribution >= 4 is 5.91 Å². The van der Waals surface area contributed by atoms with Crippen molar-refractivity contribution in [1.29, 1.82) is 0 Å². The summed E-state index contributed by atoms with van der Waals surface area (Å²) in [6.45, 7) is 2.77. The predicted molar refractivity (Wildman–Crippen MR) is 65.3 cm³/mol. The van der Waals surface area contributed by atoms with Crippen molar-refractivity contribution in [1.82, 2.24) is 10.2 Å². The SMILES string of the molecule is CC(C)CC1NC2(CCCC2)C(=O)N1CC(F)(F)F. The van der Waals surface area contributed by atoms with Gasteiger partial charge in [0, 0.05) is 0 Å². The number of nitrogens with zero attached hydrogens (tertiary/aromatic N) is 1. The van der Waals surface area contributed by atoms with Gasteiger partial charge in [-0.1, -0.05) is 26.7 Å². The molecule has 1 saturated heterocycles. The molecule has 6 heteroatoms. The van der Waals surface area contributed by atoms with Crippen LogP contribution in [0.15, 0.2) is 0 Å². The van der Waals surface area contributed by atoms with Gasteiger partial charge >= 0.3 is 6.18 Å². The molecule has 0 radical (unpaired) electrons. The lowest BCUT2D eigenvalue weighted by Gasteiger charge is -2.26. The Kier molecular flexibility index (Phi) is 3.82. The lowest BCUT2D eigenvalue weighted by Crippen LogP contribution is -2.45. The Morgan fingerprint density at radius 2 is 1.95 bits per heavy atom. The molecule has 1 aliphatic carbocycles. The summed E-state index contributed by atoms with van der Waals surface area (Å²) >= 11 is 0. The van der Waals surface area contributed by atoms with Crippen molar-refractivity contribution in [3.05, 3.63) is 0 Å². The second-order valence-electron chi connectivity index (χ2n) is 6.13. The summed E-state index contributed by atoms with van der Waals surface area (Å²) in [5.74, 6) is -0.106. The Hall–Kier alpha value is -0.780. The molecule has 1 aliphatic heterocycles. The monoisotopic (exact) mass is 278 g/mol. The number of nitrogens with one attached hydrogen (secondary N) is 1. The third kappa shape index (κ3) is 3.04. The zero-order chi connectivity index (χ0) is 14.3. The number of halogens is 3. The van der Waals surface area contributed by atoms with Crippen LogP contribution < -0.4 is 5.32 Å². The number of hydrogen-bond acceptors (Lipinski definition) is 2. The van der Waals surface area contributed by atoms with Crippen LogP contribution in [-0.2, 0) is 4.79 Å². The molecule has 1 spiro atoms. The van der Waals surface area contributed by atoms with Gasteiger partial charge in [-0.2, -0.15) is 13.2 Å². The van der Waals surface area contributed by atoms with Gasteiger partial charge in [0.2, 0.25) is 5.91 Å². The Balaban J connectivity index is 2.18. The molecule has 1 heterocycles. The van der Waals surface area contributed by atoms with Gasteiger partial charge in [0.15, 0.2) is 0 Å². The van der Waals surface area contributed by atoms with Crippen LogP contribution in [0.4, 0.5) is 13.2 Å². The summed E-state index contributed by atoms with van der Waals surface area (Å²) < 4.78 is 37.9. The molecule has 1 amide bonds. The van der Waals surface area contributed by atoms with E-state index in [0.29, 0.717) is 19.3 Å². The van der Waals surface area contributed by atoms with Crippen molar-refractivity contribution in [2.24, 2.45) is 5.92 Å². The van der Waals surface area contributed by atoms with E-state index in [1.54, 1.807) is 0 Å². The summed E-state index contributed by atoms with van der Waals surface area (Å²) in [5.41, 5.74) is -0.717. The van der Waals surface area contributed by atoms with Crippen LogP contribution in [-0.4, -0.2) is 35.2 Å². The number of rotatable bonds is 3. The van der Waals surface area contributed by atoms with Crippen molar-refractivity contribution in [3.8, 4) is 0 Å². The minimum atomic E-state index is -4.34. The Morgan fingerprint density at radius 3 is 2.42 bits per heavy atom. The smallest absolute Gasteiger partial charge is 0.316 e. The zero-order valence-electron chi connectivity index (χ0n) is 11.4. The molecule has 1 unspecified atom stereocenters. The van der Waals surface area contributed by atoms with E-state index in [0.717, 1.165) is 17.7 Å². The van der Waals surface area contributed by atoms with Gasteiger partial charge in [0.05, 0.1) is 11.7 Å². The quantitative estimate of drug-likeness (QED) is 0.861. The molecule has 0 bridgehead atoms. The van der Waals surface area contributed by atoms with Gasteiger partial charge < -0.3 is 4.90 Å². The first-order valence-electron chi connectivity index (χ1n) is 6.89. The number of amides is 1. The van der Waals surface area contributed by atoms with Gasteiger partial charge in [-0.3, -0.25) is 10.1 Å². The third-order valence-electron chi connectivity index (χ3n) is 3.99. The molecular formula is C13H21F3N2O.